The zero-order valence-electron chi connectivity index (χ0n) is 17.5. The quantitative estimate of drug-likeness (QED) is 0.193. The third kappa shape index (κ3) is 4.32. The van der Waals surface area contributed by atoms with Gasteiger partial charge in [0, 0.05) is 28.3 Å². The normalized spacial score (nSPS) is 19.2. The predicted molar refractivity (Wildman–Crippen MR) is 122 cm³/mol. The van der Waals surface area contributed by atoms with Crippen molar-refractivity contribution in [2.45, 2.75) is 12.8 Å². The number of nitro groups is 1. The number of halogens is 2. The highest BCUT2D eigenvalue weighted by atomic mass is 35.5. The summed E-state index contributed by atoms with van der Waals surface area (Å²) >= 11 is 12.0. The molecule has 11 heteroatoms. The highest BCUT2D eigenvalue weighted by Crippen LogP contribution is 2.36. The van der Waals surface area contributed by atoms with Gasteiger partial charge in [-0.3, -0.25) is 29.3 Å². The Morgan fingerprint density at radius 3 is 2.26 bits per heavy atom. The number of carbonyl (C=O) groups is 4. The maximum atomic E-state index is 13.4. The Labute approximate surface area is 203 Å². The average molecular weight is 502 g/mol. The maximum absolute atomic E-state index is 13.4. The molecule has 34 heavy (non-hydrogen) atoms. The van der Waals surface area contributed by atoms with E-state index in [1.807, 2.05) is 0 Å². The first-order valence-corrected chi connectivity index (χ1v) is 11.0. The van der Waals surface area contributed by atoms with Crippen molar-refractivity contribution in [2.75, 3.05) is 6.54 Å². The Bertz CT molecular complexity index is 1240. The Morgan fingerprint density at radius 2 is 1.68 bits per heavy atom. The number of nitrogens with zero attached hydrogens (tertiary/aromatic N) is 3. The third-order valence-corrected chi connectivity index (χ3v) is 6.34. The van der Waals surface area contributed by atoms with Crippen LogP contribution in [0.5, 0.6) is 0 Å². The molecule has 0 aromatic heterocycles. The molecule has 2 aliphatic rings. The van der Waals surface area contributed by atoms with E-state index in [0.29, 0.717) is 22.9 Å². The van der Waals surface area contributed by atoms with E-state index in [1.54, 1.807) is 12.2 Å². The van der Waals surface area contributed by atoms with Crippen molar-refractivity contribution in [3.05, 3.63) is 85.9 Å². The van der Waals surface area contributed by atoms with Crippen molar-refractivity contribution < 1.29 is 24.1 Å². The van der Waals surface area contributed by atoms with Crippen LogP contribution in [0.15, 0.2) is 54.6 Å². The topological polar surface area (TPSA) is 118 Å². The molecule has 1 fully saturated rings. The lowest BCUT2D eigenvalue weighted by molar-refractivity contribution is -0.384. The number of Topliss-reactive ketones (excluding diaryl/α,β-unsaturated/α-hetero) is 1. The number of rotatable bonds is 6. The molecular weight excluding hydrogens is 485 g/mol. The van der Waals surface area contributed by atoms with Gasteiger partial charge in [-0.05, 0) is 37.1 Å². The standard InChI is InChI=1S/C23H17Cl2N3O6/c24-14-8-9-18(19(25)11-14)20(29)12-26(21(30)13-4-3-5-15(10-13)28(33)34)27-22(31)16-6-1-2-7-17(16)23(27)32/h1-5,8-11,16-17H,6-7,12H2/t16-,17-/m0/s1. The van der Waals surface area contributed by atoms with E-state index in [9.17, 15) is 29.3 Å². The number of hydrazine groups is 1. The van der Waals surface area contributed by atoms with Crippen LogP contribution in [0.2, 0.25) is 10.0 Å². The fourth-order valence-electron chi connectivity index (χ4n) is 4.09. The van der Waals surface area contributed by atoms with Gasteiger partial charge in [0.2, 0.25) is 0 Å². The van der Waals surface area contributed by atoms with Crippen LogP contribution in [0.25, 0.3) is 0 Å². The number of imide groups is 1. The summed E-state index contributed by atoms with van der Waals surface area (Å²) < 4.78 is 0. The number of non-ortho nitro benzene ring substituents is 1. The molecule has 4 rings (SSSR count). The summed E-state index contributed by atoms with van der Waals surface area (Å²) in [5.74, 6) is -4.05. The molecule has 2 atom stereocenters. The lowest BCUT2D eigenvalue weighted by atomic mass is 9.85. The molecule has 0 saturated carbocycles. The van der Waals surface area contributed by atoms with Crippen LogP contribution in [-0.4, -0.2) is 45.0 Å². The number of hydrogen-bond acceptors (Lipinski definition) is 6. The van der Waals surface area contributed by atoms with Crippen LogP contribution < -0.4 is 0 Å². The van der Waals surface area contributed by atoms with Crippen LogP contribution in [0.4, 0.5) is 5.69 Å². The Balaban J connectivity index is 1.73. The van der Waals surface area contributed by atoms with Crippen molar-refractivity contribution in [3.63, 3.8) is 0 Å². The second-order valence-electron chi connectivity index (χ2n) is 7.86. The van der Waals surface area contributed by atoms with E-state index < -0.39 is 46.8 Å². The first-order chi connectivity index (χ1) is 16.2. The van der Waals surface area contributed by atoms with Crippen molar-refractivity contribution >= 4 is 52.4 Å². The van der Waals surface area contributed by atoms with Crippen molar-refractivity contribution in [2.24, 2.45) is 11.8 Å². The van der Waals surface area contributed by atoms with Crippen LogP contribution in [0.3, 0.4) is 0 Å². The Morgan fingerprint density at radius 1 is 1.03 bits per heavy atom. The zero-order valence-corrected chi connectivity index (χ0v) is 19.0. The largest absolute Gasteiger partial charge is 0.292 e. The van der Waals surface area contributed by atoms with E-state index in [2.05, 4.69) is 0 Å². The molecule has 1 saturated heterocycles. The van der Waals surface area contributed by atoms with E-state index in [4.69, 9.17) is 23.2 Å². The summed E-state index contributed by atoms with van der Waals surface area (Å²) in [7, 11) is 0. The highest BCUT2D eigenvalue weighted by molar-refractivity contribution is 6.37. The molecular formula is C23H17Cl2N3O6. The molecule has 0 unspecified atom stereocenters. The van der Waals surface area contributed by atoms with Gasteiger partial charge < -0.3 is 0 Å². The van der Waals surface area contributed by atoms with Crippen LogP contribution in [-0.2, 0) is 9.59 Å². The number of hydrogen-bond donors (Lipinski definition) is 0. The fourth-order valence-corrected chi connectivity index (χ4v) is 4.61. The molecule has 1 heterocycles. The molecule has 2 aromatic rings. The van der Waals surface area contributed by atoms with Crippen LogP contribution in [0, 0.1) is 22.0 Å². The maximum Gasteiger partial charge on any atom is 0.273 e. The second kappa shape index (κ2) is 9.36. The number of nitro benzene ring substituents is 1. The SMILES string of the molecule is O=C(CN(C(=O)c1cccc([N+](=O)[O-])c1)N1C(=O)[C@H]2CC=CC[C@@H]2C1=O)c1ccc(Cl)cc1Cl. The van der Waals surface area contributed by atoms with Gasteiger partial charge in [-0.25, -0.2) is 5.01 Å². The summed E-state index contributed by atoms with van der Waals surface area (Å²) in [6.07, 6.45) is 4.26. The van der Waals surface area contributed by atoms with Gasteiger partial charge in [-0.1, -0.05) is 41.4 Å². The van der Waals surface area contributed by atoms with E-state index >= 15 is 0 Å². The molecule has 0 bridgehead atoms. The van der Waals surface area contributed by atoms with E-state index in [-0.39, 0.29) is 21.8 Å². The molecule has 3 amide bonds. The van der Waals surface area contributed by atoms with Crippen molar-refractivity contribution in [3.8, 4) is 0 Å². The molecule has 1 aliphatic carbocycles. The summed E-state index contributed by atoms with van der Waals surface area (Å²) in [4.78, 5) is 63.3. The smallest absolute Gasteiger partial charge is 0.273 e. The number of carbonyl (C=O) groups excluding carboxylic acids is 4. The summed E-state index contributed by atoms with van der Waals surface area (Å²) in [6, 6.07) is 9.01. The number of amides is 3. The number of benzene rings is 2. The molecule has 0 radical (unpaired) electrons. The average Bonchev–Trinajstić information content (AvgIpc) is 3.07. The molecule has 1 aliphatic heterocycles. The first kappa shape index (κ1) is 23.6. The van der Waals surface area contributed by atoms with Gasteiger partial charge >= 0.3 is 0 Å². The Hall–Kier alpha value is -3.56. The van der Waals surface area contributed by atoms with Gasteiger partial charge in [0.15, 0.2) is 5.78 Å². The van der Waals surface area contributed by atoms with Gasteiger partial charge in [0.25, 0.3) is 23.4 Å². The third-order valence-electron chi connectivity index (χ3n) is 5.79. The van der Waals surface area contributed by atoms with Gasteiger partial charge in [-0.15, -0.1) is 0 Å². The number of fused-ring (bicyclic) bond motifs is 1. The van der Waals surface area contributed by atoms with Crippen LogP contribution >= 0.6 is 23.2 Å². The second-order valence-corrected chi connectivity index (χ2v) is 8.71. The van der Waals surface area contributed by atoms with Gasteiger partial charge in [0.1, 0.15) is 6.54 Å². The minimum absolute atomic E-state index is 0.0391. The number of ketones is 1. The highest BCUT2D eigenvalue weighted by Gasteiger charge is 2.51. The van der Waals surface area contributed by atoms with Crippen molar-refractivity contribution in [1.29, 1.82) is 0 Å². The number of allylic oxidation sites excluding steroid dienone is 2. The molecule has 174 valence electrons. The molecule has 2 aromatic carbocycles. The molecule has 9 nitrogen and oxygen atoms in total. The first-order valence-electron chi connectivity index (χ1n) is 10.3. The monoisotopic (exact) mass is 501 g/mol. The lowest BCUT2D eigenvalue weighted by Crippen LogP contribution is -2.52. The summed E-state index contributed by atoms with van der Waals surface area (Å²) in [6.45, 7) is -0.687. The van der Waals surface area contributed by atoms with Crippen LogP contribution in [0.1, 0.15) is 33.6 Å². The predicted octanol–water partition coefficient (Wildman–Crippen LogP) is 4.09. The van der Waals surface area contributed by atoms with Crippen molar-refractivity contribution in [1.82, 2.24) is 10.0 Å². The minimum Gasteiger partial charge on any atom is -0.292 e. The van der Waals surface area contributed by atoms with Gasteiger partial charge in [0.05, 0.1) is 21.8 Å². The molecule has 0 N–H and O–H groups in total. The lowest BCUT2D eigenvalue weighted by Gasteiger charge is -2.30. The summed E-state index contributed by atoms with van der Waals surface area (Å²) in [5, 5.41) is 13.0. The summed E-state index contributed by atoms with van der Waals surface area (Å²) in [5.41, 5.74) is -0.464. The minimum atomic E-state index is -0.907. The molecule has 0 spiro atoms. The van der Waals surface area contributed by atoms with E-state index in [0.717, 1.165) is 11.1 Å². The Kier molecular flexibility index (Phi) is 6.49. The fraction of sp³-hybridized carbons (Fsp3) is 0.217. The van der Waals surface area contributed by atoms with E-state index in [1.165, 1.54) is 36.4 Å². The van der Waals surface area contributed by atoms with Gasteiger partial charge in [-0.2, -0.15) is 5.01 Å². The zero-order chi connectivity index (χ0) is 24.6.